The number of hydrogen-bond acceptors (Lipinski definition) is 5. The molecular weight excluding hydrogens is 402 g/mol. The lowest BCUT2D eigenvalue weighted by atomic mass is 9.95. The van der Waals surface area contributed by atoms with Gasteiger partial charge < -0.3 is 25.4 Å². The van der Waals surface area contributed by atoms with E-state index >= 15 is 0 Å². The first-order valence-electron chi connectivity index (χ1n) is 10.2. The van der Waals surface area contributed by atoms with Crippen molar-refractivity contribution < 1.29 is 14.6 Å². The quantitative estimate of drug-likeness (QED) is 0.556. The third kappa shape index (κ3) is 6.03. The molecule has 0 aromatic heterocycles. The minimum atomic E-state index is -0.261. The molecule has 1 aliphatic rings. The van der Waals surface area contributed by atoms with Crippen LogP contribution in [0.1, 0.15) is 37.0 Å². The molecule has 0 saturated carbocycles. The Morgan fingerprint density at radius 3 is 2.43 bits per heavy atom. The number of carbonyl (C=O) groups is 1. The van der Waals surface area contributed by atoms with Gasteiger partial charge >= 0.3 is 0 Å². The molecule has 0 radical (unpaired) electrons. The molecule has 1 saturated heterocycles. The number of nitrogens with zero attached hydrogens (tertiary/aromatic N) is 1. The van der Waals surface area contributed by atoms with Crippen molar-refractivity contribution in [2.75, 3.05) is 37.4 Å². The number of phenols is 1. The lowest BCUT2D eigenvalue weighted by molar-refractivity contribution is 0.102. The summed E-state index contributed by atoms with van der Waals surface area (Å²) in [5.74, 6) is 1.09. The number of halogens is 1. The SMILES string of the molecule is COc1ccc(NC(=O)c2cccc(O)c2NCC2CCN(C(C)C)CC2)cc1.Cl. The first kappa shape index (κ1) is 23.8. The molecule has 7 heteroatoms. The first-order valence-corrected chi connectivity index (χ1v) is 10.2. The monoisotopic (exact) mass is 433 g/mol. The van der Waals surface area contributed by atoms with Gasteiger partial charge in [0.15, 0.2) is 0 Å². The van der Waals surface area contributed by atoms with E-state index in [9.17, 15) is 9.90 Å². The lowest BCUT2D eigenvalue weighted by Crippen LogP contribution is -2.39. The highest BCUT2D eigenvalue weighted by atomic mass is 35.5. The van der Waals surface area contributed by atoms with Crippen LogP contribution in [-0.2, 0) is 0 Å². The summed E-state index contributed by atoms with van der Waals surface area (Å²) in [5, 5.41) is 16.6. The molecule has 164 valence electrons. The molecule has 3 rings (SSSR count). The summed E-state index contributed by atoms with van der Waals surface area (Å²) in [6.07, 6.45) is 2.23. The van der Waals surface area contributed by atoms with Gasteiger partial charge in [0, 0.05) is 18.3 Å². The zero-order valence-electron chi connectivity index (χ0n) is 17.9. The number of anilines is 2. The van der Waals surface area contributed by atoms with Crippen LogP contribution in [0.4, 0.5) is 11.4 Å². The molecule has 1 aliphatic heterocycles. The molecule has 2 aromatic carbocycles. The molecule has 1 heterocycles. The second-order valence-corrected chi connectivity index (χ2v) is 7.84. The van der Waals surface area contributed by atoms with E-state index < -0.39 is 0 Å². The maximum absolute atomic E-state index is 12.8. The van der Waals surface area contributed by atoms with Crippen molar-refractivity contribution in [2.45, 2.75) is 32.7 Å². The molecule has 0 unspecified atom stereocenters. The van der Waals surface area contributed by atoms with Gasteiger partial charge in [-0.1, -0.05) is 6.07 Å². The number of nitrogens with one attached hydrogen (secondary N) is 2. The number of methoxy groups -OCH3 is 1. The summed E-state index contributed by atoms with van der Waals surface area (Å²) in [6, 6.07) is 12.8. The highest BCUT2D eigenvalue weighted by Gasteiger charge is 2.22. The van der Waals surface area contributed by atoms with Crippen LogP contribution in [0, 0.1) is 5.92 Å². The maximum Gasteiger partial charge on any atom is 0.257 e. The molecule has 30 heavy (non-hydrogen) atoms. The molecule has 0 atom stereocenters. The number of phenolic OH excluding ortho intramolecular Hbond substituents is 1. The van der Waals surface area contributed by atoms with Gasteiger partial charge in [0.25, 0.3) is 5.91 Å². The number of benzene rings is 2. The van der Waals surface area contributed by atoms with Crippen LogP contribution in [0.3, 0.4) is 0 Å². The summed E-state index contributed by atoms with van der Waals surface area (Å²) < 4.78 is 5.14. The van der Waals surface area contributed by atoms with Gasteiger partial charge in [0.2, 0.25) is 0 Å². The number of likely N-dealkylation sites (tertiary alicyclic amines) is 1. The Morgan fingerprint density at radius 2 is 1.83 bits per heavy atom. The Morgan fingerprint density at radius 1 is 1.17 bits per heavy atom. The van der Waals surface area contributed by atoms with E-state index in [0.29, 0.717) is 28.9 Å². The molecule has 3 N–H and O–H groups in total. The van der Waals surface area contributed by atoms with Crippen LogP contribution < -0.4 is 15.4 Å². The number of hydrogen-bond donors (Lipinski definition) is 3. The topological polar surface area (TPSA) is 73.8 Å². The number of rotatable bonds is 7. The largest absolute Gasteiger partial charge is 0.506 e. The molecule has 0 bridgehead atoms. The summed E-state index contributed by atoms with van der Waals surface area (Å²) in [5.41, 5.74) is 1.59. The fourth-order valence-electron chi connectivity index (χ4n) is 3.71. The van der Waals surface area contributed by atoms with Gasteiger partial charge in [-0.2, -0.15) is 0 Å². The third-order valence-electron chi connectivity index (χ3n) is 5.58. The predicted molar refractivity (Wildman–Crippen MR) is 124 cm³/mol. The average Bonchev–Trinajstić information content (AvgIpc) is 2.73. The molecular formula is C23H32ClN3O3. The summed E-state index contributed by atoms with van der Waals surface area (Å²) in [7, 11) is 1.60. The number of para-hydroxylation sites is 1. The van der Waals surface area contributed by atoms with Crippen LogP contribution in [0.25, 0.3) is 0 Å². The lowest BCUT2D eigenvalue weighted by Gasteiger charge is -2.34. The standard InChI is InChI=1S/C23H31N3O3.ClH/c1-16(2)26-13-11-17(12-14-26)15-24-22-20(5-4-6-21(22)27)23(28)25-18-7-9-19(29-3)10-8-18;/h4-10,16-17,24,27H,11-15H2,1-3H3,(H,25,28);1H. The van der Waals surface area contributed by atoms with Crippen molar-refractivity contribution in [1.29, 1.82) is 0 Å². The van der Waals surface area contributed by atoms with Crippen LogP contribution >= 0.6 is 12.4 Å². The van der Waals surface area contributed by atoms with Crippen molar-refractivity contribution in [3.05, 3.63) is 48.0 Å². The Labute approximate surface area is 185 Å². The van der Waals surface area contributed by atoms with Crippen molar-refractivity contribution in [2.24, 2.45) is 5.92 Å². The zero-order valence-corrected chi connectivity index (χ0v) is 18.7. The number of carbonyl (C=O) groups excluding carboxylic acids is 1. The van der Waals surface area contributed by atoms with Gasteiger partial charge in [-0.15, -0.1) is 12.4 Å². The Hall–Kier alpha value is -2.44. The van der Waals surface area contributed by atoms with Crippen LogP contribution in [0.15, 0.2) is 42.5 Å². The van der Waals surface area contributed by atoms with Gasteiger partial charge in [-0.3, -0.25) is 4.79 Å². The molecule has 0 spiro atoms. The zero-order chi connectivity index (χ0) is 20.8. The summed E-state index contributed by atoms with van der Waals surface area (Å²) in [6.45, 7) is 7.39. The molecule has 0 aliphatic carbocycles. The molecule has 6 nitrogen and oxygen atoms in total. The van der Waals surface area contributed by atoms with E-state index in [2.05, 4.69) is 29.4 Å². The van der Waals surface area contributed by atoms with E-state index in [1.54, 1.807) is 49.6 Å². The van der Waals surface area contributed by atoms with Crippen molar-refractivity contribution in [1.82, 2.24) is 4.90 Å². The van der Waals surface area contributed by atoms with Crippen LogP contribution in [0.5, 0.6) is 11.5 Å². The van der Waals surface area contributed by atoms with E-state index in [0.717, 1.165) is 38.2 Å². The van der Waals surface area contributed by atoms with E-state index in [1.165, 1.54) is 0 Å². The van der Waals surface area contributed by atoms with E-state index in [1.807, 2.05) is 0 Å². The van der Waals surface area contributed by atoms with Gasteiger partial charge in [0.05, 0.1) is 18.4 Å². The van der Waals surface area contributed by atoms with Gasteiger partial charge in [-0.05, 0) is 82.1 Å². The minimum Gasteiger partial charge on any atom is -0.506 e. The summed E-state index contributed by atoms with van der Waals surface area (Å²) >= 11 is 0. The van der Waals surface area contributed by atoms with E-state index in [-0.39, 0.29) is 24.1 Å². The predicted octanol–water partition coefficient (Wildman–Crippen LogP) is 4.61. The average molecular weight is 434 g/mol. The number of piperidine rings is 1. The maximum atomic E-state index is 12.8. The number of amides is 1. The fourth-order valence-corrected chi connectivity index (χ4v) is 3.71. The summed E-state index contributed by atoms with van der Waals surface area (Å²) in [4.78, 5) is 15.3. The molecule has 1 fully saturated rings. The van der Waals surface area contributed by atoms with Gasteiger partial charge in [-0.25, -0.2) is 0 Å². The van der Waals surface area contributed by atoms with E-state index in [4.69, 9.17) is 4.74 Å². The first-order chi connectivity index (χ1) is 14.0. The normalized spacial score (nSPS) is 14.8. The van der Waals surface area contributed by atoms with Crippen molar-refractivity contribution in [3.63, 3.8) is 0 Å². The molecule has 1 amide bonds. The van der Waals surface area contributed by atoms with Crippen LogP contribution in [-0.4, -0.2) is 48.7 Å². The fraction of sp³-hybridized carbons (Fsp3) is 0.435. The minimum absolute atomic E-state index is 0. The van der Waals surface area contributed by atoms with Gasteiger partial charge in [0.1, 0.15) is 11.5 Å². The Kier molecular flexibility index (Phi) is 8.81. The smallest absolute Gasteiger partial charge is 0.257 e. The third-order valence-corrected chi connectivity index (χ3v) is 5.58. The number of aromatic hydroxyl groups is 1. The number of ether oxygens (including phenoxy) is 1. The highest BCUT2D eigenvalue weighted by Crippen LogP contribution is 2.29. The Bertz CT molecular complexity index is 819. The Balaban J connectivity index is 0.00000320. The second kappa shape index (κ2) is 11.1. The second-order valence-electron chi connectivity index (χ2n) is 7.84. The van der Waals surface area contributed by atoms with Crippen molar-refractivity contribution >= 4 is 29.7 Å². The molecule has 2 aromatic rings. The highest BCUT2D eigenvalue weighted by molar-refractivity contribution is 6.08. The van der Waals surface area contributed by atoms with Crippen molar-refractivity contribution in [3.8, 4) is 11.5 Å². The van der Waals surface area contributed by atoms with Crippen LogP contribution in [0.2, 0.25) is 0 Å².